The Morgan fingerprint density at radius 1 is 1.29 bits per heavy atom. The van der Waals surface area contributed by atoms with Crippen LogP contribution in [-0.4, -0.2) is 10.2 Å². The lowest BCUT2D eigenvalue weighted by molar-refractivity contribution is 0.874. The van der Waals surface area contributed by atoms with Crippen molar-refractivity contribution in [2.45, 2.75) is 13.0 Å². The van der Waals surface area contributed by atoms with Gasteiger partial charge in [0, 0.05) is 0 Å². The predicted octanol–water partition coefficient (Wildman–Crippen LogP) is 2.71. The summed E-state index contributed by atoms with van der Waals surface area (Å²) in [5, 5.41) is 11.9. The summed E-state index contributed by atoms with van der Waals surface area (Å²) < 4.78 is 0. The lowest BCUT2D eigenvalue weighted by Crippen LogP contribution is -2.05. The molecule has 1 N–H and O–H groups in total. The maximum atomic E-state index is 3.94. The van der Waals surface area contributed by atoms with Gasteiger partial charge in [0.2, 0.25) is 5.13 Å². The van der Waals surface area contributed by atoms with Crippen molar-refractivity contribution in [2.75, 3.05) is 5.32 Å². The van der Waals surface area contributed by atoms with E-state index in [1.165, 1.54) is 16.9 Å². The zero-order chi connectivity index (χ0) is 9.80. The van der Waals surface area contributed by atoms with E-state index in [1.807, 2.05) is 18.2 Å². The number of anilines is 1. The molecule has 0 fully saturated rings. The van der Waals surface area contributed by atoms with Gasteiger partial charge in [-0.05, 0) is 12.5 Å². The van der Waals surface area contributed by atoms with Crippen LogP contribution in [0.1, 0.15) is 18.5 Å². The Labute approximate surface area is 86.8 Å². The summed E-state index contributed by atoms with van der Waals surface area (Å²) in [6.45, 7) is 2.11. The van der Waals surface area contributed by atoms with E-state index in [1.54, 1.807) is 5.51 Å². The molecule has 0 aliphatic heterocycles. The maximum Gasteiger partial charge on any atom is 0.205 e. The standard InChI is InChI=1S/C10H11N3S/c1-8(9-5-3-2-4-6-9)12-10-13-11-7-14-10/h2-8H,1H3,(H,12,13). The van der Waals surface area contributed by atoms with Crippen molar-refractivity contribution in [3.8, 4) is 0 Å². The van der Waals surface area contributed by atoms with Gasteiger partial charge in [0.15, 0.2) is 0 Å². The first-order valence-corrected chi connectivity index (χ1v) is 5.32. The molecule has 3 nitrogen and oxygen atoms in total. The van der Waals surface area contributed by atoms with E-state index < -0.39 is 0 Å². The second-order valence-electron chi connectivity index (χ2n) is 3.02. The highest BCUT2D eigenvalue weighted by Crippen LogP contribution is 2.19. The monoisotopic (exact) mass is 205 g/mol. The van der Waals surface area contributed by atoms with Crippen molar-refractivity contribution >= 4 is 16.5 Å². The van der Waals surface area contributed by atoms with Crippen LogP contribution in [0.5, 0.6) is 0 Å². The highest BCUT2D eigenvalue weighted by Gasteiger charge is 2.05. The SMILES string of the molecule is CC(Nc1nncs1)c1ccccc1. The van der Waals surface area contributed by atoms with E-state index in [2.05, 4.69) is 34.6 Å². The molecule has 0 saturated heterocycles. The van der Waals surface area contributed by atoms with Gasteiger partial charge in [0.25, 0.3) is 0 Å². The van der Waals surface area contributed by atoms with Gasteiger partial charge in [-0.15, -0.1) is 10.2 Å². The average Bonchev–Trinajstić information content (AvgIpc) is 2.72. The summed E-state index contributed by atoms with van der Waals surface area (Å²) in [5.74, 6) is 0. The van der Waals surface area contributed by atoms with Crippen LogP contribution < -0.4 is 5.32 Å². The summed E-state index contributed by atoms with van der Waals surface area (Å²) in [6.07, 6.45) is 0. The summed E-state index contributed by atoms with van der Waals surface area (Å²) >= 11 is 1.51. The molecule has 72 valence electrons. The number of rotatable bonds is 3. The van der Waals surface area contributed by atoms with Crippen molar-refractivity contribution in [2.24, 2.45) is 0 Å². The summed E-state index contributed by atoms with van der Waals surface area (Å²) in [7, 11) is 0. The van der Waals surface area contributed by atoms with Gasteiger partial charge in [-0.3, -0.25) is 0 Å². The van der Waals surface area contributed by atoms with Crippen LogP contribution >= 0.6 is 11.3 Å². The molecule has 0 saturated carbocycles. The Hall–Kier alpha value is -1.42. The number of benzene rings is 1. The van der Waals surface area contributed by atoms with E-state index in [4.69, 9.17) is 0 Å². The lowest BCUT2D eigenvalue weighted by Gasteiger charge is -2.12. The van der Waals surface area contributed by atoms with Gasteiger partial charge in [0.05, 0.1) is 6.04 Å². The topological polar surface area (TPSA) is 37.8 Å². The molecule has 1 heterocycles. The molecule has 1 aromatic heterocycles. The van der Waals surface area contributed by atoms with Crippen molar-refractivity contribution in [3.63, 3.8) is 0 Å². The second-order valence-corrected chi connectivity index (χ2v) is 3.85. The van der Waals surface area contributed by atoms with E-state index in [-0.39, 0.29) is 6.04 Å². The third kappa shape index (κ3) is 2.09. The lowest BCUT2D eigenvalue weighted by atomic mass is 10.1. The minimum absolute atomic E-state index is 0.268. The zero-order valence-electron chi connectivity index (χ0n) is 7.84. The fourth-order valence-electron chi connectivity index (χ4n) is 1.25. The van der Waals surface area contributed by atoms with Crippen molar-refractivity contribution in [1.82, 2.24) is 10.2 Å². The largest absolute Gasteiger partial charge is 0.354 e. The first-order valence-electron chi connectivity index (χ1n) is 4.44. The van der Waals surface area contributed by atoms with E-state index in [0.29, 0.717) is 0 Å². The Morgan fingerprint density at radius 3 is 2.71 bits per heavy atom. The van der Waals surface area contributed by atoms with Gasteiger partial charge in [-0.2, -0.15) is 0 Å². The Balaban J connectivity index is 2.07. The van der Waals surface area contributed by atoms with Crippen LogP contribution in [0, 0.1) is 0 Å². The molecule has 4 heteroatoms. The molecule has 0 aliphatic carbocycles. The van der Waals surface area contributed by atoms with Gasteiger partial charge in [-0.1, -0.05) is 41.7 Å². The third-order valence-corrected chi connectivity index (χ3v) is 2.62. The Kier molecular flexibility index (Phi) is 2.74. The van der Waals surface area contributed by atoms with E-state index >= 15 is 0 Å². The van der Waals surface area contributed by atoms with Crippen LogP contribution in [-0.2, 0) is 0 Å². The highest BCUT2D eigenvalue weighted by atomic mass is 32.1. The molecule has 1 unspecified atom stereocenters. The van der Waals surface area contributed by atoms with Crippen LogP contribution in [0.15, 0.2) is 35.8 Å². The number of aromatic nitrogens is 2. The van der Waals surface area contributed by atoms with E-state index in [0.717, 1.165) is 5.13 Å². The molecule has 0 radical (unpaired) electrons. The maximum absolute atomic E-state index is 3.94. The number of nitrogens with one attached hydrogen (secondary N) is 1. The molecule has 0 amide bonds. The molecule has 2 aromatic rings. The fourth-order valence-corrected chi connectivity index (χ4v) is 1.78. The number of hydrogen-bond acceptors (Lipinski definition) is 4. The quantitative estimate of drug-likeness (QED) is 0.837. The van der Waals surface area contributed by atoms with Crippen LogP contribution in [0.4, 0.5) is 5.13 Å². The van der Waals surface area contributed by atoms with E-state index in [9.17, 15) is 0 Å². The highest BCUT2D eigenvalue weighted by molar-refractivity contribution is 7.13. The molecule has 0 spiro atoms. The number of nitrogens with zero attached hydrogens (tertiary/aromatic N) is 2. The fraction of sp³-hybridized carbons (Fsp3) is 0.200. The average molecular weight is 205 g/mol. The smallest absolute Gasteiger partial charge is 0.205 e. The van der Waals surface area contributed by atoms with Gasteiger partial charge >= 0.3 is 0 Å². The minimum atomic E-state index is 0.268. The first-order chi connectivity index (χ1) is 6.86. The molecule has 1 atom stereocenters. The Morgan fingerprint density at radius 2 is 2.07 bits per heavy atom. The minimum Gasteiger partial charge on any atom is -0.354 e. The van der Waals surface area contributed by atoms with Crippen molar-refractivity contribution < 1.29 is 0 Å². The molecule has 1 aromatic carbocycles. The zero-order valence-corrected chi connectivity index (χ0v) is 8.66. The third-order valence-electron chi connectivity index (χ3n) is 2.00. The van der Waals surface area contributed by atoms with Gasteiger partial charge in [-0.25, -0.2) is 0 Å². The molecule has 0 aliphatic rings. The van der Waals surface area contributed by atoms with Crippen molar-refractivity contribution in [3.05, 3.63) is 41.4 Å². The summed E-state index contributed by atoms with van der Waals surface area (Å²) in [6, 6.07) is 10.5. The normalized spacial score (nSPS) is 12.4. The van der Waals surface area contributed by atoms with Gasteiger partial charge < -0.3 is 5.32 Å². The summed E-state index contributed by atoms with van der Waals surface area (Å²) in [5.41, 5.74) is 2.97. The predicted molar refractivity (Wildman–Crippen MR) is 58.4 cm³/mol. The second kappa shape index (κ2) is 4.19. The summed E-state index contributed by atoms with van der Waals surface area (Å²) in [4.78, 5) is 0. The molecule has 14 heavy (non-hydrogen) atoms. The molecular weight excluding hydrogens is 194 g/mol. The molecule has 0 bridgehead atoms. The van der Waals surface area contributed by atoms with Crippen molar-refractivity contribution in [1.29, 1.82) is 0 Å². The molecule has 2 rings (SSSR count). The number of hydrogen-bond donors (Lipinski definition) is 1. The van der Waals surface area contributed by atoms with Crippen LogP contribution in [0.25, 0.3) is 0 Å². The first kappa shape index (κ1) is 9.15. The molecular formula is C10H11N3S. The van der Waals surface area contributed by atoms with Crippen LogP contribution in [0.3, 0.4) is 0 Å². The Bertz CT molecular complexity index is 372. The van der Waals surface area contributed by atoms with Crippen LogP contribution in [0.2, 0.25) is 0 Å². The van der Waals surface area contributed by atoms with Gasteiger partial charge in [0.1, 0.15) is 5.51 Å².